The number of halogens is 1. The van der Waals surface area contributed by atoms with Gasteiger partial charge in [0, 0.05) is 37.4 Å². The van der Waals surface area contributed by atoms with Crippen LogP contribution in [0.1, 0.15) is 47.8 Å². The third kappa shape index (κ3) is 10.4. The monoisotopic (exact) mass is 568 g/mol. The summed E-state index contributed by atoms with van der Waals surface area (Å²) in [6, 6.07) is 13.7. The molecule has 1 amide bonds. The maximum atomic E-state index is 12.1. The Kier molecular flexibility index (Phi) is 14.2. The lowest BCUT2D eigenvalue weighted by Crippen LogP contribution is -2.36. The number of carbonyl (C=O) groups excluding carboxylic acids is 1. The van der Waals surface area contributed by atoms with Crippen LogP contribution in [0, 0.1) is 6.92 Å². The molecule has 0 atom stereocenters. The number of guanidine groups is 1. The predicted octanol–water partition coefficient (Wildman–Crippen LogP) is 4.03. The fourth-order valence-electron chi connectivity index (χ4n) is 3.06. The minimum atomic E-state index is -0.0698. The summed E-state index contributed by atoms with van der Waals surface area (Å²) >= 11 is 0. The van der Waals surface area contributed by atoms with Gasteiger partial charge < -0.3 is 25.4 Å². The number of carbonyl (C=O) groups is 1. The number of aliphatic imine (C=N–C) groups is 1. The summed E-state index contributed by atoms with van der Waals surface area (Å²) in [6.07, 6.45) is 0. The van der Waals surface area contributed by atoms with E-state index in [9.17, 15) is 4.79 Å². The van der Waals surface area contributed by atoms with Crippen molar-refractivity contribution < 1.29 is 14.3 Å². The van der Waals surface area contributed by atoms with Crippen LogP contribution in [0.2, 0.25) is 0 Å². The molecule has 182 valence electrons. The van der Waals surface area contributed by atoms with Crippen LogP contribution in [-0.4, -0.2) is 44.8 Å². The Morgan fingerprint density at radius 1 is 0.970 bits per heavy atom. The van der Waals surface area contributed by atoms with Gasteiger partial charge in [0.25, 0.3) is 5.91 Å². The first-order valence-electron chi connectivity index (χ1n) is 11.3. The second-order valence-corrected chi connectivity index (χ2v) is 7.27. The van der Waals surface area contributed by atoms with E-state index >= 15 is 0 Å². The molecular formula is C25H37IN4O3. The van der Waals surface area contributed by atoms with Crippen molar-refractivity contribution in [2.75, 3.05) is 32.9 Å². The van der Waals surface area contributed by atoms with Crippen LogP contribution < -0.4 is 20.7 Å². The van der Waals surface area contributed by atoms with Gasteiger partial charge in [0.05, 0.1) is 13.2 Å². The Labute approximate surface area is 214 Å². The largest absolute Gasteiger partial charge is 0.491 e. The SMILES string of the molecule is CCNC(=O)c1cccc(CN=C(NCC)NCc2ccc(C)cc2OCCOCC)c1.I. The number of benzene rings is 2. The smallest absolute Gasteiger partial charge is 0.251 e. The van der Waals surface area contributed by atoms with Gasteiger partial charge in [-0.15, -0.1) is 24.0 Å². The lowest BCUT2D eigenvalue weighted by atomic mass is 10.1. The van der Waals surface area contributed by atoms with Crippen molar-refractivity contribution in [1.82, 2.24) is 16.0 Å². The fraction of sp³-hybridized carbons (Fsp3) is 0.440. The minimum absolute atomic E-state index is 0. The molecule has 33 heavy (non-hydrogen) atoms. The second kappa shape index (κ2) is 16.3. The number of aryl methyl sites for hydroxylation is 1. The summed E-state index contributed by atoms with van der Waals surface area (Å²) in [5.41, 5.74) is 3.82. The second-order valence-electron chi connectivity index (χ2n) is 7.27. The number of nitrogens with one attached hydrogen (secondary N) is 3. The van der Waals surface area contributed by atoms with E-state index in [2.05, 4.69) is 33.1 Å². The van der Waals surface area contributed by atoms with Crippen molar-refractivity contribution in [3.8, 4) is 5.75 Å². The molecule has 0 bridgehead atoms. The summed E-state index contributed by atoms with van der Waals surface area (Å²) in [7, 11) is 0. The van der Waals surface area contributed by atoms with Crippen molar-refractivity contribution in [3.63, 3.8) is 0 Å². The number of nitrogens with zero attached hydrogens (tertiary/aromatic N) is 1. The van der Waals surface area contributed by atoms with E-state index in [-0.39, 0.29) is 29.9 Å². The Balaban J connectivity index is 0.00000544. The molecular weight excluding hydrogens is 531 g/mol. The fourth-order valence-corrected chi connectivity index (χ4v) is 3.06. The highest BCUT2D eigenvalue weighted by Crippen LogP contribution is 2.20. The third-order valence-electron chi connectivity index (χ3n) is 4.65. The topological polar surface area (TPSA) is 84.0 Å². The summed E-state index contributed by atoms with van der Waals surface area (Å²) in [5, 5.41) is 9.47. The molecule has 0 saturated carbocycles. The molecule has 0 unspecified atom stereocenters. The van der Waals surface area contributed by atoms with Gasteiger partial charge in [-0.25, -0.2) is 4.99 Å². The van der Waals surface area contributed by atoms with Crippen molar-refractivity contribution in [2.24, 2.45) is 4.99 Å². The van der Waals surface area contributed by atoms with E-state index in [1.54, 1.807) is 0 Å². The van der Waals surface area contributed by atoms with Crippen LogP contribution in [0.25, 0.3) is 0 Å². The van der Waals surface area contributed by atoms with Crippen molar-refractivity contribution in [1.29, 1.82) is 0 Å². The van der Waals surface area contributed by atoms with E-state index < -0.39 is 0 Å². The van der Waals surface area contributed by atoms with Gasteiger partial charge >= 0.3 is 0 Å². The molecule has 0 aliphatic rings. The molecule has 7 nitrogen and oxygen atoms in total. The molecule has 2 aromatic carbocycles. The van der Waals surface area contributed by atoms with Crippen LogP contribution in [-0.2, 0) is 17.8 Å². The molecule has 0 aliphatic carbocycles. The standard InChI is InChI=1S/C25H36N4O3.HI/c1-5-26-24(30)21-10-8-9-20(16-21)17-28-25(27-6-2)29-18-22-12-11-19(4)15-23(22)32-14-13-31-7-3;/h8-12,15-16H,5-7,13-14,17-18H2,1-4H3,(H,26,30)(H2,27,28,29);1H. The van der Waals surface area contributed by atoms with Crippen molar-refractivity contribution in [2.45, 2.75) is 40.8 Å². The van der Waals surface area contributed by atoms with Gasteiger partial charge in [0.1, 0.15) is 12.4 Å². The van der Waals surface area contributed by atoms with E-state index in [1.165, 1.54) is 0 Å². The first-order chi connectivity index (χ1) is 15.6. The van der Waals surface area contributed by atoms with Crippen LogP contribution in [0.4, 0.5) is 0 Å². The molecule has 0 saturated heterocycles. The summed E-state index contributed by atoms with van der Waals surface area (Å²) in [5.74, 6) is 1.49. The summed E-state index contributed by atoms with van der Waals surface area (Å²) in [6.45, 7) is 12.1. The Morgan fingerprint density at radius 2 is 1.76 bits per heavy atom. The molecule has 2 rings (SSSR count). The molecule has 2 aromatic rings. The van der Waals surface area contributed by atoms with Gasteiger partial charge in [-0.1, -0.05) is 24.3 Å². The van der Waals surface area contributed by atoms with E-state index in [4.69, 9.17) is 9.47 Å². The lowest BCUT2D eigenvalue weighted by Gasteiger charge is -2.15. The Morgan fingerprint density at radius 3 is 2.48 bits per heavy atom. The number of hydrogen-bond donors (Lipinski definition) is 3. The molecule has 0 spiro atoms. The molecule has 0 aromatic heterocycles. The van der Waals surface area contributed by atoms with Crippen LogP contribution in [0.5, 0.6) is 5.75 Å². The summed E-state index contributed by atoms with van der Waals surface area (Å²) in [4.78, 5) is 16.8. The van der Waals surface area contributed by atoms with E-state index in [1.807, 2.05) is 58.0 Å². The zero-order valence-electron chi connectivity index (χ0n) is 20.1. The number of ether oxygens (including phenoxy) is 2. The molecule has 0 radical (unpaired) electrons. The molecule has 3 N–H and O–H groups in total. The van der Waals surface area contributed by atoms with Crippen molar-refractivity contribution in [3.05, 3.63) is 64.7 Å². The van der Waals surface area contributed by atoms with Crippen molar-refractivity contribution >= 4 is 35.8 Å². The minimum Gasteiger partial charge on any atom is -0.491 e. The van der Waals surface area contributed by atoms with Gasteiger partial charge in [-0.2, -0.15) is 0 Å². The molecule has 0 aliphatic heterocycles. The summed E-state index contributed by atoms with van der Waals surface area (Å²) < 4.78 is 11.3. The number of amides is 1. The van der Waals surface area contributed by atoms with Gasteiger partial charge in [0.2, 0.25) is 0 Å². The predicted molar refractivity (Wildman–Crippen MR) is 145 cm³/mol. The maximum Gasteiger partial charge on any atom is 0.251 e. The van der Waals surface area contributed by atoms with Crippen LogP contribution in [0.15, 0.2) is 47.5 Å². The number of rotatable bonds is 12. The first kappa shape index (κ1) is 28.7. The highest BCUT2D eigenvalue weighted by atomic mass is 127. The first-order valence-corrected chi connectivity index (χ1v) is 11.3. The molecule has 0 fully saturated rings. The quantitative estimate of drug-likeness (QED) is 0.156. The average Bonchev–Trinajstić information content (AvgIpc) is 2.80. The van der Waals surface area contributed by atoms with Gasteiger partial charge in [0.15, 0.2) is 5.96 Å². The zero-order valence-corrected chi connectivity index (χ0v) is 22.4. The van der Waals surface area contributed by atoms with Gasteiger partial charge in [-0.05, 0) is 57.0 Å². The van der Waals surface area contributed by atoms with Crippen LogP contribution in [0.3, 0.4) is 0 Å². The zero-order chi connectivity index (χ0) is 23.2. The normalized spacial score (nSPS) is 10.8. The van der Waals surface area contributed by atoms with E-state index in [0.717, 1.165) is 29.0 Å². The Hall–Kier alpha value is -2.33. The van der Waals surface area contributed by atoms with Gasteiger partial charge in [-0.3, -0.25) is 4.79 Å². The molecule has 8 heteroatoms. The third-order valence-corrected chi connectivity index (χ3v) is 4.65. The lowest BCUT2D eigenvalue weighted by molar-refractivity contribution is 0.0955. The average molecular weight is 569 g/mol. The Bertz CT molecular complexity index is 890. The molecule has 0 heterocycles. The highest BCUT2D eigenvalue weighted by molar-refractivity contribution is 14.0. The van der Waals surface area contributed by atoms with E-state index in [0.29, 0.717) is 51.0 Å². The van der Waals surface area contributed by atoms with Crippen LogP contribution >= 0.6 is 24.0 Å². The highest BCUT2D eigenvalue weighted by Gasteiger charge is 2.07. The number of hydrogen-bond acceptors (Lipinski definition) is 4. The maximum absolute atomic E-state index is 12.1.